The van der Waals surface area contributed by atoms with E-state index in [2.05, 4.69) is 0 Å². The maximum atomic E-state index is 0. The molecule has 0 amide bonds. The van der Waals surface area contributed by atoms with Crippen molar-refractivity contribution < 1.29 is 76.1 Å². The van der Waals surface area contributed by atoms with Crippen LogP contribution >= 0.6 is 0 Å². The van der Waals surface area contributed by atoms with Gasteiger partial charge >= 0.3 is 21.1 Å². The average Bonchev–Trinajstić information content (AvgIpc) is 0. The second-order valence-corrected chi connectivity index (χ2v) is 0. The normalized spacial score (nSPS) is 0. The second kappa shape index (κ2) is 46.9. The van der Waals surface area contributed by atoms with Gasteiger partial charge in [-0.05, 0) is 0 Å². The molecule has 6 heavy (non-hydrogen) atoms. The Balaban J connectivity index is 0. The summed E-state index contributed by atoms with van der Waals surface area (Å²) in [4.78, 5) is 0. The molecule has 0 fully saturated rings. The molecule has 6 heteroatoms. The van der Waals surface area contributed by atoms with E-state index >= 15 is 0 Å². The summed E-state index contributed by atoms with van der Waals surface area (Å²) in [6.07, 6.45) is 0. The van der Waals surface area contributed by atoms with Crippen molar-refractivity contribution >= 4 is 26.2 Å². The molecule has 38 valence electrons. The molecule has 0 aromatic rings. The molecule has 0 atom stereocenters. The predicted octanol–water partition coefficient (Wildman–Crippen LogP) is -0.740. The molecule has 0 aliphatic carbocycles. The van der Waals surface area contributed by atoms with Crippen LogP contribution in [0.4, 0.5) is 0 Å². The van der Waals surface area contributed by atoms with Gasteiger partial charge in [0.25, 0.3) is 0 Å². The monoisotopic (exact) mass is 600 g/mol. The van der Waals surface area contributed by atoms with Gasteiger partial charge in [-0.1, -0.05) is 0 Å². The van der Waals surface area contributed by atoms with Crippen LogP contribution in [0.25, 0.3) is 0 Å². The Hall–Kier alpha value is 2.74. The Morgan fingerprint density at radius 1 is 0.667 bits per heavy atom. The van der Waals surface area contributed by atoms with E-state index in [-0.39, 0.29) is 102 Å². The zero-order valence-corrected chi connectivity index (χ0v) is 11.0. The van der Waals surface area contributed by atoms with Crippen molar-refractivity contribution in [1.82, 2.24) is 0 Å². The van der Waals surface area contributed by atoms with Crippen molar-refractivity contribution in [2.24, 2.45) is 0 Å². The van der Waals surface area contributed by atoms with Crippen LogP contribution in [0.15, 0.2) is 0 Å². The molecule has 0 bridgehead atoms. The zero-order chi connectivity index (χ0) is 0. The summed E-state index contributed by atoms with van der Waals surface area (Å²) < 4.78 is 0. The summed E-state index contributed by atoms with van der Waals surface area (Å²) in [5, 5.41) is 0. The predicted molar refractivity (Wildman–Crippen MR) is 7.81 cm³/mol. The van der Waals surface area contributed by atoms with E-state index in [1.54, 1.807) is 0 Å². The van der Waals surface area contributed by atoms with E-state index in [1.165, 1.54) is 0 Å². The number of hydrogen-bond acceptors (Lipinski definition) is 0. The quantitative estimate of drug-likeness (QED) is 0.329. The van der Waals surface area contributed by atoms with E-state index < -0.39 is 0 Å². The Bertz CT molecular complexity index is 10.8. The molecule has 0 saturated carbocycles. The van der Waals surface area contributed by atoms with Gasteiger partial charge in [0.15, 0.2) is 0 Å². The van der Waals surface area contributed by atoms with E-state index in [0.29, 0.717) is 0 Å². The first-order valence-electron chi connectivity index (χ1n) is 0. The van der Waals surface area contributed by atoms with Gasteiger partial charge in [0.1, 0.15) is 0 Å². The summed E-state index contributed by atoms with van der Waals surface area (Å²) in [5.41, 5.74) is 0. The van der Waals surface area contributed by atoms with Crippen molar-refractivity contribution in [2.45, 2.75) is 0 Å². The maximum Gasteiger partial charge on any atom is 6.00 e. The molecule has 0 aliphatic heterocycles. The molecule has 3 nitrogen and oxygen atoms in total. The van der Waals surface area contributed by atoms with Gasteiger partial charge in [0.2, 0.25) is 0 Å². The first-order chi connectivity index (χ1) is 0. The SMILES string of the molecule is [Bi].[O-2].[O-2].[O-2].[Tb].[W+6]. The molecule has 0 aliphatic rings. The summed E-state index contributed by atoms with van der Waals surface area (Å²) in [7, 11) is 0. The van der Waals surface area contributed by atoms with Crippen LogP contribution in [-0.2, 0) is 37.5 Å². The Morgan fingerprint density at radius 2 is 0.667 bits per heavy atom. The third kappa shape index (κ3) is 29.6. The van der Waals surface area contributed by atoms with E-state index in [0.717, 1.165) is 0 Å². The minimum absolute atomic E-state index is 0. The van der Waals surface area contributed by atoms with Crippen LogP contribution in [0.2, 0.25) is 0 Å². The van der Waals surface area contributed by atoms with E-state index in [4.69, 9.17) is 0 Å². The molecule has 0 aromatic carbocycles. The van der Waals surface area contributed by atoms with Crippen LogP contribution in [-0.4, -0.2) is 26.2 Å². The van der Waals surface area contributed by atoms with Gasteiger partial charge in [0.05, 0.1) is 0 Å². The average molecular weight is 600 g/mol. The largest absolute Gasteiger partial charge is 6.00 e. The molecular weight excluding hydrogens is 600 g/mol. The van der Waals surface area contributed by atoms with Gasteiger partial charge in [-0.2, -0.15) is 0 Å². The van der Waals surface area contributed by atoms with E-state index in [1.807, 2.05) is 0 Å². The minimum atomic E-state index is 0. The van der Waals surface area contributed by atoms with Crippen LogP contribution < -0.4 is 0 Å². The Labute approximate surface area is 100 Å². The minimum Gasteiger partial charge on any atom is -2.00 e. The first kappa shape index (κ1) is 69.8. The van der Waals surface area contributed by atoms with Gasteiger partial charge in [-0.25, -0.2) is 0 Å². The third-order valence-electron chi connectivity index (χ3n) is 0. The third-order valence-corrected chi connectivity index (χ3v) is 0. The summed E-state index contributed by atoms with van der Waals surface area (Å²) in [6.45, 7) is 0. The fraction of sp³-hybridized carbons (Fsp3) is 0. The second-order valence-electron chi connectivity index (χ2n) is 0. The van der Waals surface area contributed by atoms with Gasteiger partial charge < -0.3 is 16.4 Å². The van der Waals surface area contributed by atoms with Crippen LogP contribution in [0, 0.1) is 38.6 Å². The van der Waals surface area contributed by atoms with E-state index in [9.17, 15) is 0 Å². The topological polar surface area (TPSA) is 85.5 Å². The molecule has 0 saturated heterocycles. The molecular formula is BiO3TbW. The molecule has 4 radical (unpaired) electrons. The van der Waals surface area contributed by atoms with Crippen molar-refractivity contribution in [3.63, 3.8) is 0 Å². The van der Waals surface area contributed by atoms with Gasteiger partial charge in [0, 0.05) is 64.8 Å². The van der Waals surface area contributed by atoms with Crippen molar-refractivity contribution in [3.05, 3.63) is 0 Å². The molecule has 0 unspecified atom stereocenters. The Morgan fingerprint density at radius 3 is 0.667 bits per heavy atom. The van der Waals surface area contributed by atoms with Gasteiger partial charge in [-0.15, -0.1) is 0 Å². The summed E-state index contributed by atoms with van der Waals surface area (Å²) in [5.74, 6) is 0. The smallest absolute Gasteiger partial charge is 2.00 e. The molecule has 0 aromatic heterocycles. The number of rotatable bonds is 0. The fourth-order valence-electron chi connectivity index (χ4n) is 0. The van der Waals surface area contributed by atoms with Gasteiger partial charge in [-0.3, -0.25) is 0 Å². The van der Waals surface area contributed by atoms with Crippen LogP contribution in [0.3, 0.4) is 0 Å². The molecule has 0 spiro atoms. The Kier molecular flexibility index (Phi) is 545. The van der Waals surface area contributed by atoms with Crippen molar-refractivity contribution in [3.8, 4) is 0 Å². The molecule has 0 heterocycles. The summed E-state index contributed by atoms with van der Waals surface area (Å²) >= 11 is 0. The van der Waals surface area contributed by atoms with Crippen molar-refractivity contribution in [2.75, 3.05) is 0 Å². The summed E-state index contributed by atoms with van der Waals surface area (Å²) in [6, 6.07) is 0. The number of hydrogen-bond donors (Lipinski definition) is 0. The molecule has 0 rings (SSSR count). The standard InChI is InChI=1S/Bi.3O.Tb.W/q;3*-2;;+6. The van der Waals surface area contributed by atoms with Crippen LogP contribution in [0.5, 0.6) is 0 Å². The zero-order valence-electron chi connectivity index (χ0n) is 2.41. The van der Waals surface area contributed by atoms with Crippen LogP contribution in [0.1, 0.15) is 0 Å². The first-order valence-corrected chi connectivity index (χ1v) is 0. The fourth-order valence-corrected chi connectivity index (χ4v) is 0. The molecule has 0 N–H and O–H groups in total. The maximum absolute atomic E-state index is 0. The van der Waals surface area contributed by atoms with Crippen molar-refractivity contribution in [1.29, 1.82) is 0 Å².